The molecular formula is C9H19N5O2. The van der Waals surface area contributed by atoms with E-state index in [1.54, 1.807) is 6.92 Å². The molecule has 0 aromatic rings. The normalized spacial score (nSPS) is 15.7. The largest absolute Gasteiger partial charge is 0.379 e. The zero-order chi connectivity index (χ0) is 12.4. The molecule has 0 heterocycles. The van der Waals surface area contributed by atoms with Gasteiger partial charge in [-0.1, -0.05) is 0 Å². The fourth-order valence-electron chi connectivity index (χ4n) is 0.860. The third-order valence-corrected chi connectivity index (χ3v) is 1.56. The van der Waals surface area contributed by atoms with Crippen LogP contribution in [0.15, 0.2) is 9.98 Å². The lowest BCUT2D eigenvalue weighted by Gasteiger charge is -2.10. The summed E-state index contributed by atoms with van der Waals surface area (Å²) in [5, 5.41) is 14.8. The lowest BCUT2D eigenvalue weighted by molar-refractivity contribution is -0.111. The summed E-state index contributed by atoms with van der Waals surface area (Å²) in [7, 11) is 0. The molecule has 92 valence electrons. The lowest BCUT2D eigenvalue weighted by atomic mass is 10.5. The average molecular weight is 229 g/mol. The summed E-state index contributed by atoms with van der Waals surface area (Å²) < 4.78 is 0. The molecule has 0 aliphatic rings. The van der Waals surface area contributed by atoms with Crippen LogP contribution >= 0.6 is 0 Å². The lowest BCUT2D eigenvalue weighted by Crippen LogP contribution is -2.36. The Morgan fingerprint density at radius 1 is 1.44 bits per heavy atom. The number of carbonyl (C=O) groups excluding carboxylic acids is 1. The minimum Gasteiger partial charge on any atom is -0.379 e. The fourth-order valence-corrected chi connectivity index (χ4v) is 0.860. The number of nitrogens with two attached hydrogens (primary N) is 1. The van der Waals surface area contributed by atoms with Crippen LogP contribution in [0.5, 0.6) is 0 Å². The highest BCUT2D eigenvalue weighted by atomic mass is 16.3. The topological polar surface area (TPSA) is 112 Å². The highest BCUT2D eigenvalue weighted by Gasteiger charge is 1.96. The Kier molecular flexibility index (Phi) is 8.22. The second-order valence-corrected chi connectivity index (χ2v) is 3.21. The Labute approximate surface area is 94.8 Å². The third kappa shape index (κ3) is 10.8. The maximum absolute atomic E-state index is 10.3. The summed E-state index contributed by atoms with van der Waals surface area (Å²) in [6.45, 7) is 4.81. The molecule has 0 bridgehead atoms. The zero-order valence-electron chi connectivity index (χ0n) is 9.55. The number of aliphatic hydroxyl groups is 1. The molecule has 0 aromatic heterocycles. The number of amides is 1. The van der Waals surface area contributed by atoms with Gasteiger partial charge in [0.25, 0.3) is 5.91 Å². The van der Waals surface area contributed by atoms with E-state index in [-0.39, 0.29) is 6.17 Å². The quantitative estimate of drug-likeness (QED) is 0.174. The molecular weight excluding hydrogens is 210 g/mol. The van der Waals surface area contributed by atoms with E-state index < -0.39 is 12.1 Å². The molecule has 7 heteroatoms. The van der Waals surface area contributed by atoms with E-state index in [1.807, 2.05) is 6.92 Å². The Bertz CT molecular complexity index is 252. The molecule has 0 spiro atoms. The number of primary amides is 1. The van der Waals surface area contributed by atoms with Gasteiger partial charge in [-0.05, 0) is 13.8 Å². The van der Waals surface area contributed by atoms with Gasteiger partial charge in [0, 0.05) is 13.1 Å². The molecule has 7 nitrogen and oxygen atoms in total. The van der Waals surface area contributed by atoms with E-state index in [4.69, 9.17) is 10.8 Å². The molecule has 0 aliphatic heterocycles. The van der Waals surface area contributed by atoms with Crippen LogP contribution in [0.2, 0.25) is 0 Å². The van der Waals surface area contributed by atoms with Crippen LogP contribution in [-0.4, -0.2) is 49.1 Å². The first-order chi connectivity index (χ1) is 7.52. The van der Waals surface area contributed by atoms with Crippen LogP contribution in [0.3, 0.4) is 0 Å². The Morgan fingerprint density at radius 3 is 2.62 bits per heavy atom. The molecule has 0 rings (SSSR count). The maximum atomic E-state index is 10.3. The summed E-state index contributed by atoms with van der Waals surface area (Å²) in [6, 6.07) is 0. The van der Waals surface area contributed by atoms with Crippen molar-refractivity contribution in [2.24, 2.45) is 15.7 Å². The van der Waals surface area contributed by atoms with Crippen LogP contribution in [0.25, 0.3) is 0 Å². The van der Waals surface area contributed by atoms with Crippen molar-refractivity contribution >= 4 is 18.5 Å². The van der Waals surface area contributed by atoms with Crippen LogP contribution in [0.4, 0.5) is 0 Å². The number of aliphatic hydroxyl groups excluding tert-OH is 1. The minimum atomic E-state index is -0.604. The van der Waals surface area contributed by atoms with Crippen LogP contribution in [0, 0.1) is 0 Å². The molecule has 5 N–H and O–H groups in total. The maximum Gasteiger partial charge on any atom is 0.259 e. The molecule has 16 heavy (non-hydrogen) atoms. The van der Waals surface area contributed by atoms with Gasteiger partial charge >= 0.3 is 0 Å². The van der Waals surface area contributed by atoms with Gasteiger partial charge < -0.3 is 10.8 Å². The first-order valence-corrected chi connectivity index (χ1v) is 5.01. The predicted molar refractivity (Wildman–Crippen MR) is 63.3 cm³/mol. The summed E-state index contributed by atoms with van der Waals surface area (Å²) >= 11 is 0. The summed E-state index contributed by atoms with van der Waals surface area (Å²) in [6.07, 6.45) is 1.64. The molecule has 0 aliphatic carbocycles. The van der Waals surface area contributed by atoms with E-state index in [2.05, 4.69) is 20.6 Å². The molecule has 0 aromatic carbocycles. The standard InChI is InChI=1S/C9H19N5O2/c1-7(12-3-4-13-8(2)15)14-6-11-5-9(10)16/h5-8,12-13,15H,3-4H2,1-2H3,(H2,10,16)/b11-5+,14-6-. The number of hydrogen-bond donors (Lipinski definition) is 4. The van der Waals surface area contributed by atoms with Crippen molar-refractivity contribution in [2.75, 3.05) is 13.1 Å². The summed E-state index contributed by atoms with van der Waals surface area (Å²) in [5.74, 6) is -0.604. The highest BCUT2D eigenvalue weighted by Crippen LogP contribution is 1.81. The number of nitrogens with one attached hydrogen (secondary N) is 2. The number of nitrogens with zero attached hydrogens (tertiary/aromatic N) is 2. The molecule has 0 saturated heterocycles. The van der Waals surface area contributed by atoms with Crippen molar-refractivity contribution in [2.45, 2.75) is 26.2 Å². The van der Waals surface area contributed by atoms with E-state index >= 15 is 0 Å². The molecule has 0 radical (unpaired) electrons. The average Bonchev–Trinajstić information content (AvgIpc) is 2.19. The SMILES string of the molecule is CC(O)NCCNC(C)/N=C\N=C\C(N)=O. The summed E-state index contributed by atoms with van der Waals surface area (Å²) in [4.78, 5) is 17.8. The van der Waals surface area contributed by atoms with Gasteiger partial charge in [-0.2, -0.15) is 0 Å². The van der Waals surface area contributed by atoms with Crippen LogP contribution in [-0.2, 0) is 4.79 Å². The van der Waals surface area contributed by atoms with Gasteiger partial charge in [0.1, 0.15) is 12.6 Å². The summed E-state index contributed by atoms with van der Waals surface area (Å²) in [5.41, 5.74) is 4.84. The number of aliphatic imine (C=N–C) groups is 2. The van der Waals surface area contributed by atoms with Gasteiger partial charge in [0.2, 0.25) is 0 Å². The van der Waals surface area contributed by atoms with Crippen LogP contribution in [0.1, 0.15) is 13.8 Å². The fraction of sp³-hybridized carbons (Fsp3) is 0.667. The van der Waals surface area contributed by atoms with Crippen molar-refractivity contribution in [1.82, 2.24) is 10.6 Å². The smallest absolute Gasteiger partial charge is 0.259 e. The van der Waals surface area contributed by atoms with E-state index in [0.29, 0.717) is 13.1 Å². The van der Waals surface area contributed by atoms with Crippen molar-refractivity contribution in [3.05, 3.63) is 0 Å². The van der Waals surface area contributed by atoms with E-state index in [9.17, 15) is 4.79 Å². The molecule has 0 saturated carbocycles. The minimum absolute atomic E-state index is 0.110. The first kappa shape index (κ1) is 14.7. The second kappa shape index (κ2) is 8.96. The van der Waals surface area contributed by atoms with Crippen molar-refractivity contribution < 1.29 is 9.90 Å². The Hall–Kier alpha value is -1.31. The molecule has 1 amide bonds. The van der Waals surface area contributed by atoms with Gasteiger partial charge in [-0.25, -0.2) is 4.99 Å². The monoisotopic (exact) mass is 229 g/mol. The predicted octanol–water partition coefficient (Wildman–Crippen LogP) is -1.57. The first-order valence-electron chi connectivity index (χ1n) is 5.01. The Balaban J connectivity index is 3.58. The molecule has 2 atom stereocenters. The van der Waals surface area contributed by atoms with Gasteiger partial charge in [-0.3, -0.25) is 20.4 Å². The Morgan fingerprint density at radius 2 is 2.06 bits per heavy atom. The highest BCUT2D eigenvalue weighted by molar-refractivity contribution is 6.26. The third-order valence-electron chi connectivity index (χ3n) is 1.56. The van der Waals surface area contributed by atoms with E-state index in [1.165, 1.54) is 6.34 Å². The van der Waals surface area contributed by atoms with Crippen LogP contribution < -0.4 is 16.4 Å². The van der Waals surface area contributed by atoms with Crippen molar-refractivity contribution in [1.29, 1.82) is 0 Å². The number of hydrogen-bond acceptors (Lipinski definition) is 5. The van der Waals surface area contributed by atoms with Gasteiger partial charge in [-0.15, -0.1) is 0 Å². The number of carbonyl (C=O) groups is 1. The zero-order valence-corrected chi connectivity index (χ0v) is 9.55. The molecule has 0 fully saturated rings. The van der Waals surface area contributed by atoms with E-state index in [0.717, 1.165) is 6.21 Å². The number of rotatable bonds is 8. The van der Waals surface area contributed by atoms with Gasteiger partial charge in [0.15, 0.2) is 0 Å². The molecule has 2 unspecified atom stereocenters. The second-order valence-electron chi connectivity index (χ2n) is 3.21. The van der Waals surface area contributed by atoms with Crippen molar-refractivity contribution in [3.63, 3.8) is 0 Å². The van der Waals surface area contributed by atoms with Gasteiger partial charge in [0.05, 0.1) is 12.4 Å². The van der Waals surface area contributed by atoms with Crippen molar-refractivity contribution in [3.8, 4) is 0 Å².